The summed E-state index contributed by atoms with van der Waals surface area (Å²) in [6.45, 7) is 4.88. The number of amides is 2. The summed E-state index contributed by atoms with van der Waals surface area (Å²) in [6.07, 6.45) is 0.326. The van der Waals surface area contributed by atoms with E-state index < -0.39 is 24.0 Å². The number of carboxylic acids is 1. The molecule has 0 bridgehead atoms. The number of benzene rings is 1. The lowest BCUT2D eigenvalue weighted by Gasteiger charge is -2.21. The first-order chi connectivity index (χ1) is 10.8. The van der Waals surface area contributed by atoms with E-state index in [4.69, 9.17) is 5.11 Å². The quantitative estimate of drug-likeness (QED) is 0.636. The molecule has 124 valence electrons. The lowest BCUT2D eigenvalue weighted by Crippen LogP contribution is -2.52. The van der Waals surface area contributed by atoms with Crippen LogP contribution in [0.1, 0.15) is 18.9 Å². The van der Waals surface area contributed by atoms with Gasteiger partial charge in [0.2, 0.25) is 11.8 Å². The lowest BCUT2D eigenvalue weighted by atomic mass is 10.0. The van der Waals surface area contributed by atoms with E-state index in [1.165, 1.54) is 6.92 Å². The molecule has 3 N–H and O–H groups in total. The Kier molecular flexibility index (Phi) is 7.47. The number of halogens is 1. The van der Waals surface area contributed by atoms with E-state index in [2.05, 4.69) is 33.1 Å². The molecule has 0 aliphatic heterocycles. The highest BCUT2D eigenvalue weighted by molar-refractivity contribution is 9.11. The van der Waals surface area contributed by atoms with Crippen molar-refractivity contribution in [3.05, 3.63) is 47.0 Å². The van der Waals surface area contributed by atoms with Gasteiger partial charge in [0.15, 0.2) is 0 Å². The van der Waals surface area contributed by atoms with Crippen molar-refractivity contribution in [2.45, 2.75) is 31.8 Å². The van der Waals surface area contributed by atoms with E-state index >= 15 is 0 Å². The van der Waals surface area contributed by atoms with E-state index in [1.807, 2.05) is 30.3 Å². The van der Waals surface area contributed by atoms with Crippen molar-refractivity contribution in [2.24, 2.45) is 0 Å². The normalized spacial score (nSPS) is 12.8. The average molecular weight is 383 g/mol. The van der Waals surface area contributed by atoms with Gasteiger partial charge < -0.3 is 15.7 Å². The van der Waals surface area contributed by atoms with Gasteiger partial charge in [0, 0.05) is 19.8 Å². The standard InChI is InChI=1S/C16H19BrN2O4/c1-10(17)8-14(16(22)23)19-15(21)13(18-11(2)20)9-12-6-4-3-5-7-12/h3-7,13-14H,1,8-9H2,2H3,(H,18,20)(H,19,21)(H,22,23)/t13-,14-/m1/s1. The Morgan fingerprint density at radius 1 is 1.17 bits per heavy atom. The Balaban J connectivity index is 2.83. The van der Waals surface area contributed by atoms with Gasteiger partial charge in [-0.15, -0.1) is 0 Å². The van der Waals surface area contributed by atoms with Crippen molar-refractivity contribution in [1.82, 2.24) is 10.6 Å². The van der Waals surface area contributed by atoms with Crippen LogP contribution in [0.2, 0.25) is 0 Å². The first kappa shape index (κ1) is 18.9. The second-order valence-corrected chi connectivity index (χ2v) is 6.19. The molecule has 2 amide bonds. The molecule has 1 rings (SSSR count). The Hall–Kier alpha value is -2.15. The fourth-order valence-electron chi connectivity index (χ4n) is 2.00. The molecule has 0 radical (unpaired) electrons. The van der Waals surface area contributed by atoms with Gasteiger partial charge in [-0.3, -0.25) is 9.59 Å². The van der Waals surface area contributed by atoms with Crippen molar-refractivity contribution in [2.75, 3.05) is 0 Å². The van der Waals surface area contributed by atoms with E-state index in [-0.39, 0.29) is 18.7 Å². The molecule has 1 aromatic rings. The van der Waals surface area contributed by atoms with Gasteiger partial charge in [0.05, 0.1) is 0 Å². The Morgan fingerprint density at radius 2 is 1.78 bits per heavy atom. The van der Waals surface area contributed by atoms with Crippen LogP contribution in [0.5, 0.6) is 0 Å². The van der Waals surface area contributed by atoms with E-state index in [0.717, 1.165) is 5.56 Å². The maximum Gasteiger partial charge on any atom is 0.326 e. The summed E-state index contributed by atoms with van der Waals surface area (Å²) >= 11 is 3.09. The molecule has 1 aromatic carbocycles. The molecule has 0 heterocycles. The number of nitrogens with one attached hydrogen (secondary N) is 2. The number of carbonyl (C=O) groups excluding carboxylic acids is 2. The van der Waals surface area contributed by atoms with Gasteiger partial charge in [-0.05, 0) is 10.0 Å². The van der Waals surface area contributed by atoms with Crippen molar-refractivity contribution < 1.29 is 19.5 Å². The molecule has 0 saturated carbocycles. The van der Waals surface area contributed by atoms with Crippen LogP contribution in [0.4, 0.5) is 0 Å². The van der Waals surface area contributed by atoms with Crippen LogP contribution < -0.4 is 10.6 Å². The summed E-state index contributed by atoms with van der Waals surface area (Å²) < 4.78 is 0.462. The topological polar surface area (TPSA) is 95.5 Å². The minimum Gasteiger partial charge on any atom is -0.480 e. The number of hydrogen-bond donors (Lipinski definition) is 3. The zero-order valence-corrected chi connectivity index (χ0v) is 14.3. The number of rotatable bonds is 8. The van der Waals surface area contributed by atoms with Crippen molar-refractivity contribution in [1.29, 1.82) is 0 Å². The Labute approximate surface area is 143 Å². The van der Waals surface area contributed by atoms with Crippen LogP contribution in [-0.2, 0) is 20.8 Å². The van der Waals surface area contributed by atoms with E-state index in [9.17, 15) is 14.4 Å². The van der Waals surface area contributed by atoms with Crippen LogP contribution in [0.3, 0.4) is 0 Å². The maximum atomic E-state index is 12.3. The number of carbonyl (C=O) groups is 3. The molecule has 0 aliphatic rings. The zero-order valence-electron chi connectivity index (χ0n) is 12.7. The summed E-state index contributed by atoms with van der Waals surface area (Å²) in [4.78, 5) is 34.9. The van der Waals surface area contributed by atoms with Crippen LogP contribution in [0, 0.1) is 0 Å². The molecule has 0 aliphatic carbocycles. The van der Waals surface area contributed by atoms with Crippen LogP contribution in [-0.4, -0.2) is 35.0 Å². The highest BCUT2D eigenvalue weighted by Crippen LogP contribution is 2.11. The SMILES string of the molecule is C=C(Br)C[C@@H](NC(=O)[C@@H](Cc1ccccc1)NC(C)=O)C(=O)O. The maximum absolute atomic E-state index is 12.3. The fraction of sp³-hybridized carbons (Fsp3) is 0.312. The van der Waals surface area contributed by atoms with Gasteiger partial charge >= 0.3 is 5.97 Å². The molecule has 7 heteroatoms. The fourth-order valence-corrected chi connectivity index (χ4v) is 2.32. The Bertz CT molecular complexity index is 589. The predicted molar refractivity (Wildman–Crippen MR) is 90.0 cm³/mol. The summed E-state index contributed by atoms with van der Waals surface area (Å²) in [6, 6.07) is 7.20. The molecule has 2 atom stereocenters. The molecule has 0 spiro atoms. The minimum absolute atomic E-state index is 0.0548. The highest BCUT2D eigenvalue weighted by atomic mass is 79.9. The molecule has 23 heavy (non-hydrogen) atoms. The minimum atomic E-state index is -1.17. The Morgan fingerprint density at radius 3 is 2.26 bits per heavy atom. The number of carboxylic acid groups (broad SMARTS) is 1. The van der Waals surface area contributed by atoms with Gasteiger partial charge in [-0.1, -0.05) is 52.8 Å². The molecule has 0 aromatic heterocycles. The number of aliphatic carboxylic acids is 1. The van der Waals surface area contributed by atoms with E-state index in [0.29, 0.717) is 4.48 Å². The average Bonchev–Trinajstić information content (AvgIpc) is 2.45. The highest BCUT2D eigenvalue weighted by Gasteiger charge is 2.26. The summed E-state index contributed by atoms with van der Waals surface area (Å²) in [5.74, 6) is -2.08. The summed E-state index contributed by atoms with van der Waals surface area (Å²) in [5, 5.41) is 14.1. The molecule has 0 saturated heterocycles. The van der Waals surface area contributed by atoms with Gasteiger partial charge in [-0.2, -0.15) is 0 Å². The third-order valence-electron chi connectivity index (χ3n) is 3.02. The first-order valence-corrected chi connectivity index (χ1v) is 7.76. The van der Waals surface area contributed by atoms with Crippen LogP contribution in [0.15, 0.2) is 41.4 Å². The second kappa shape index (κ2) is 9.09. The summed E-state index contributed by atoms with van der Waals surface area (Å²) in [7, 11) is 0. The first-order valence-electron chi connectivity index (χ1n) is 6.97. The van der Waals surface area contributed by atoms with Crippen molar-refractivity contribution >= 4 is 33.7 Å². The van der Waals surface area contributed by atoms with Crippen LogP contribution >= 0.6 is 15.9 Å². The third-order valence-corrected chi connectivity index (χ3v) is 3.34. The lowest BCUT2D eigenvalue weighted by molar-refractivity contribution is -0.142. The van der Waals surface area contributed by atoms with Gasteiger partial charge in [0.25, 0.3) is 0 Å². The second-order valence-electron chi connectivity index (χ2n) is 5.06. The van der Waals surface area contributed by atoms with Gasteiger partial charge in [0.1, 0.15) is 12.1 Å². The van der Waals surface area contributed by atoms with Crippen LogP contribution in [0.25, 0.3) is 0 Å². The molecule has 6 nitrogen and oxygen atoms in total. The molecule has 0 fully saturated rings. The molecular weight excluding hydrogens is 364 g/mol. The zero-order chi connectivity index (χ0) is 17.4. The molecule has 0 unspecified atom stereocenters. The predicted octanol–water partition coefficient (Wildman–Crippen LogP) is 1.60. The van der Waals surface area contributed by atoms with Gasteiger partial charge in [-0.25, -0.2) is 4.79 Å². The van der Waals surface area contributed by atoms with Crippen molar-refractivity contribution in [3.63, 3.8) is 0 Å². The summed E-state index contributed by atoms with van der Waals surface area (Å²) in [5.41, 5.74) is 0.859. The third kappa shape index (κ3) is 7.10. The smallest absolute Gasteiger partial charge is 0.326 e. The molecular formula is C16H19BrN2O4. The van der Waals surface area contributed by atoms with Crippen molar-refractivity contribution in [3.8, 4) is 0 Å². The number of hydrogen-bond acceptors (Lipinski definition) is 3. The van der Waals surface area contributed by atoms with E-state index in [1.54, 1.807) is 0 Å². The monoisotopic (exact) mass is 382 g/mol. The largest absolute Gasteiger partial charge is 0.480 e.